The van der Waals surface area contributed by atoms with Crippen molar-refractivity contribution in [2.24, 2.45) is 0 Å². The van der Waals surface area contributed by atoms with E-state index in [1.54, 1.807) is 36.4 Å². The smallest absolute Gasteiger partial charge is 0.260 e. The van der Waals surface area contributed by atoms with E-state index in [0.717, 1.165) is 17.4 Å². The quantitative estimate of drug-likeness (QED) is 0.780. The third-order valence-electron chi connectivity index (χ3n) is 4.86. The van der Waals surface area contributed by atoms with Gasteiger partial charge in [0.15, 0.2) is 9.84 Å². The van der Waals surface area contributed by atoms with Gasteiger partial charge in [-0.3, -0.25) is 4.79 Å². The minimum absolute atomic E-state index is 0.235. The highest BCUT2D eigenvalue weighted by molar-refractivity contribution is 7.90. The molecule has 1 amide bonds. The Balaban J connectivity index is 1.82. The summed E-state index contributed by atoms with van der Waals surface area (Å²) in [6, 6.07) is 10.7. The second-order valence-corrected chi connectivity index (χ2v) is 9.37. The number of sulfone groups is 1. The van der Waals surface area contributed by atoms with Crippen LogP contribution in [-0.4, -0.2) is 26.2 Å². The number of allylic oxidation sites excluding steroid dienone is 1. The topological polar surface area (TPSA) is 72.5 Å². The second kappa shape index (κ2) is 6.04. The van der Waals surface area contributed by atoms with E-state index in [1.165, 1.54) is 12.1 Å². The normalized spacial score (nSPS) is 20.4. The molecule has 2 aromatic carbocycles. The summed E-state index contributed by atoms with van der Waals surface area (Å²) in [6.07, 6.45) is 2.94. The zero-order chi connectivity index (χ0) is 20.3. The van der Waals surface area contributed by atoms with Gasteiger partial charge in [0, 0.05) is 17.4 Å². The van der Waals surface area contributed by atoms with Gasteiger partial charge >= 0.3 is 0 Å². The summed E-state index contributed by atoms with van der Waals surface area (Å²) in [5, 5.41) is 2.66. The molecule has 2 aliphatic rings. The minimum atomic E-state index is -3.28. The lowest BCUT2D eigenvalue weighted by Crippen LogP contribution is -2.21. The number of ether oxygens (including phenoxy) is 1. The summed E-state index contributed by atoms with van der Waals surface area (Å²) < 4.78 is 42.9. The number of fused-ring (bicyclic) bond motifs is 1. The number of amides is 1. The molecule has 2 heterocycles. The van der Waals surface area contributed by atoms with Crippen LogP contribution in [0.1, 0.15) is 25.0 Å². The van der Waals surface area contributed by atoms with Crippen LogP contribution in [0.25, 0.3) is 11.1 Å². The number of hydrogen-bond acceptors (Lipinski definition) is 4. The molecule has 7 heteroatoms. The van der Waals surface area contributed by atoms with E-state index in [-0.39, 0.29) is 10.8 Å². The minimum Gasteiger partial charge on any atom is -0.482 e. The van der Waals surface area contributed by atoms with Gasteiger partial charge in [-0.25, -0.2) is 12.8 Å². The molecule has 4 rings (SSSR count). The third-order valence-corrected chi connectivity index (χ3v) is 5.98. The summed E-state index contributed by atoms with van der Waals surface area (Å²) in [6.45, 7) is 3.74. The van der Waals surface area contributed by atoms with Gasteiger partial charge in [-0.1, -0.05) is 12.1 Å². The van der Waals surface area contributed by atoms with Crippen molar-refractivity contribution >= 4 is 32.6 Å². The Hall–Kier alpha value is -2.93. The van der Waals surface area contributed by atoms with Gasteiger partial charge in [0.2, 0.25) is 0 Å². The Labute approximate surface area is 162 Å². The maximum absolute atomic E-state index is 13.5. The maximum atomic E-state index is 13.5. The molecule has 0 saturated carbocycles. The van der Waals surface area contributed by atoms with Gasteiger partial charge in [-0.05, 0) is 55.8 Å². The standard InChI is InChI=1S/C21H18FNO4S/c1-21(2)16(12-4-7-14(8-5-12)28(3,25)26)11-18(27-21)19-15-9-6-13(22)10-17(15)23-20(19)24/h4-11H,1-3H3,(H,23,24). The molecular weight excluding hydrogens is 381 g/mol. The van der Waals surface area contributed by atoms with Crippen LogP contribution in [0.2, 0.25) is 0 Å². The first kappa shape index (κ1) is 18.4. The molecule has 0 radical (unpaired) electrons. The van der Waals surface area contributed by atoms with Gasteiger partial charge in [0.1, 0.15) is 17.2 Å². The van der Waals surface area contributed by atoms with Gasteiger partial charge in [-0.15, -0.1) is 0 Å². The van der Waals surface area contributed by atoms with Crippen LogP contribution in [0.4, 0.5) is 10.1 Å². The average molecular weight is 399 g/mol. The van der Waals surface area contributed by atoms with Crippen molar-refractivity contribution in [3.8, 4) is 0 Å². The first-order valence-corrected chi connectivity index (χ1v) is 10.5. The zero-order valence-corrected chi connectivity index (χ0v) is 16.4. The van der Waals surface area contributed by atoms with Gasteiger partial charge in [-0.2, -0.15) is 0 Å². The van der Waals surface area contributed by atoms with Crippen molar-refractivity contribution in [2.45, 2.75) is 24.3 Å². The molecule has 0 fully saturated rings. The summed E-state index contributed by atoms with van der Waals surface area (Å²) >= 11 is 0. The fourth-order valence-electron chi connectivity index (χ4n) is 3.49. The lowest BCUT2D eigenvalue weighted by atomic mass is 9.92. The fourth-order valence-corrected chi connectivity index (χ4v) is 4.12. The molecular formula is C21H18FNO4S. The highest BCUT2D eigenvalue weighted by atomic mass is 32.2. The molecule has 2 aliphatic heterocycles. The van der Waals surface area contributed by atoms with E-state index in [1.807, 2.05) is 13.8 Å². The number of carbonyl (C=O) groups excluding carboxylic acids is 1. The van der Waals surface area contributed by atoms with E-state index < -0.39 is 21.3 Å². The lowest BCUT2D eigenvalue weighted by molar-refractivity contribution is -0.111. The zero-order valence-electron chi connectivity index (χ0n) is 15.5. The number of nitrogens with one attached hydrogen (secondary N) is 1. The Morgan fingerprint density at radius 1 is 1.07 bits per heavy atom. The summed E-state index contributed by atoms with van der Waals surface area (Å²) in [5.41, 5.74) is 2.24. The van der Waals surface area contributed by atoms with Crippen LogP contribution in [0.5, 0.6) is 0 Å². The molecule has 2 aromatic rings. The van der Waals surface area contributed by atoms with Crippen molar-refractivity contribution in [2.75, 3.05) is 11.6 Å². The van der Waals surface area contributed by atoms with Gasteiger partial charge < -0.3 is 10.1 Å². The first-order chi connectivity index (χ1) is 13.1. The first-order valence-electron chi connectivity index (χ1n) is 8.63. The predicted molar refractivity (Wildman–Crippen MR) is 105 cm³/mol. The third kappa shape index (κ3) is 3.01. The van der Waals surface area contributed by atoms with Crippen molar-refractivity contribution in [3.63, 3.8) is 0 Å². The van der Waals surface area contributed by atoms with E-state index in [0.29, 0.717) is 22.6 Å². The molecule has 0 spiro atoms. The molecule has 28 heavy (non-hydrogen) atoms. The van der Waals surface area contributed by atoms with Crippen LogP contribution >= 0.6 is 0 Å². The molecule has 1 N–H and O–H groups in total. The van der Waals surface area contributed by atoms with Crippen molar-refractivity contribution < 1.29 is 22.3 Å². The van der Waals surface area contributed by atoms with E-state index >= 15 is 0 Å². The predicted octanol–water partition coefficient (Wildman–Crippen LogP) is 3.78. The maximum Gasteiger partial charge on any atom is 0.260 e. The fraction of sp³-hybridized carbons (Fsp3) is 0.190. The van der Waals surface area contributed by atoms with Crippen LogP contribution in [0.15, 0.2) is 59.2 Å². The van der Waals surface area contributed by atoms with E-state index in [2.05, 4.69) is 5.32 Å². The molecule has 0 aliphatic carbocycles. The Kier molecular flexibility index (Phi) is 3.97. The number of benzene rings is 2. The Bertz CT molecular complexity index is 1180. The summed E-state index contributed by atoms with van der Waals surface area (Å²) in [7, 11) is -3.28. The van der Waals surface area contributed by atoms with Crippen molar-refractivity contribution in [3.05, 3.63) is 71.2 Å². The van der Waals surface area contributed by atoms with Crippen LogP contribution < -0.4 is 5.32 Å². The largest absolute Gasteiger partial charge is 0.482 e. The molecule has 144 valence electrons. The molecule has 0 atom stereocenters. The lowest BCUT2D eigenvalue weighted by Gasteiger charge is -2.23. The molecule has 5 nitrogen and oxygen atoms in total. The number of rotatable bonds is 2. The number of anilines is 1. The molecule has 0 unspecified atom stereocenters. The number of halogens is 1. The van der Waals surface area contributed by atoms with E-state index in [9.17, 15) is 17.6 Å². The number of hydrogen-bond donors (Lipinski definition) is 1. The summed E-state index contributed by atoms with van der Waals surface area (Å²) in [5.74, 6) is -0.383. The summed E-state index contributed by atoms with van der Waals surface area (Å²) in [4.78, 5) is 12.7. The monoisotopic (exact) mass is 399 g/mol. The molecule has 0 aromatic heterocycles. The Morgan fingerprint density at radius 2 is 1.75 bits per heavy atom. The van der Waals surface area contributed by atoms with Crippen molar-refractivity contribution in [1.82, 2.24) is 0 Å². The van der Waals surface area contributed by atoms with E-state index in [4.69, 9.17) is 4.74 Å². The van der Waals surface area contributed by atoms with Crippen LogP contribution in [-0.2, 0) is 19.4 Å². The van der Waals surface area contributed by atoms with Crippen LogP contribution in [0.3, 0.4) is 0 Å². The SMILES string of the molecule is CC1(C)OC(=C2C(=O)Nc3cc(F)ccc32)C=C1c1ccc(S(C)(=O)=O)cc1. The highest BCUT2D eigenvalue weighted by Crippen LogP contribution is 2.44. The van der Waals surface area contributed by atoms with Gasteiger partial charge in [0.05, 0.1) is 16.2 Å². The average Bonchev–Trinajstić information content (AvgIpc) is 3.08. The molecule has 0 saturated heterocycles. The van der Waals surface area contributed by atoms with Crippen molar-refractivity contribution in [1.29, 1.82) is 0 Å². The highest BCUT2D eigenvalue weighted by Gasteiger charge is 2.38. The van der Waals surface area contributed by atoms with Gasteiger partial charge in [0.25, 0.3) is 5.91 Å². The Morgan fingerprint density at radius 3 is 2.39 bits per heavy atom. The van der Waals surface area contributed by atoms with Crippen LogP contribution in [0, 0.1) is 5.82 Å². The number of carbonyl (C=O) groups is 1. The second-order valence-electron chi connectivity index (χ2n) is 7.35. The molecule has 0 bridgehead atoms.